The Morgan fingerprint density at radius 3 is 2.57 bits per heavy atom. The lowest BCUT2D eigenvalue weighted by Crippen LogP contribution is -2.40. The van der Waals surface area contributed by atoms with Crippen LogP contribution in [0.5, 0.6) is 0 Å². The topological polar surface area (TPSA) is 101 Å². The number of aryl methyl sites for hydroxylation is 1. The van der Waals surface area contributed by atoms with Gasteiger partial charge in [-0.25, -0.2) is 8.42 Å². The van der Waals surface area contributed by atoms with Crippen molar-refractivity contribution in [3.8, 4) is 10.6 Å². The molecule has 3 aromatic rings. The molecule has 2 aromatic carbocycles. The van der Waals surface area contributed by atoms with Gasteiger partial charge in [0.05, 0.1) is 18.1 Å². The van der Waals surface area contributed by atoms with Crippen LogP contribution < -0.4 is 5.32 Å². The third-order valence-electron chi connectivity index (χ3n) is 4.73. The summed E-state index contributed by atoms with van der Waals surface area (Å²) in [5.41, 5.74) is 1.85. The van der Waals surface area contributed by atoms with Crippen molar-refractivity contribution < 1.29 is 17.9 Å². The number of anilines is 1. The average Bonchev–Trinajstić information content (AvgIpc) is 3.23. The van der Waals surface area contributed by atoms with Gasteiger partial charge in [0.2, 0.25) is 15.2 Å². The minimum atomic E-state index is -3.69. The average molecular weight is 445 g/mol. The summed E-state index contributed by atoms with van der Waals surface area (Å²) in [5.74, 6) is -0.428. The van der Waals surface area contributed by atoms with Crippen LogP contribution >= 0.6 is 11.3 Å². The van der Waals surface area contributed by atoms with Crippen molar-refractivity contribution in [2.24, 2.45) is 0 Å². The molecule has 8 nitrogen and oxygen atoms in total. The summed E-state index contributed by atoms with van der Waals surface area (Å²) in [4.78, 5) is 12.9. The molecule has 2 heterocycles. The zero-order valence-electron chi connectivity index (χ0n) is 16.2. The number of aromatic nitrogens is 2. The van der Waals surface area contributed by atoms with Crippen LogP contribution in [0.4, 0.5) is 5.13 Å². The summed E-state index contributed by atoms with van der Waals surface area (Å²) in [7, 11) is -3.69. The van der Waals surface area contributed by atoms with E-state index in [-0.39, 0.29) is 10.5 Å². The van der Waals surface area contributed by atoms with Crippen LogP contribution in [0.15, 0.2) is 53.4 Å². The zero-order valence-corrected chi connectivity index (χ0v) is 17.9. The van der Waals surface area contributed by atoms with Gasteiger partial charge in [-0.2, -0.15) is 4.31 Å². The van der Waals surface area contributed by atoms with Crippen molar-refractivity contribution in [2.75, 3.05) is 31.6 Å². The third kappa shape index (κ3) is 4.26. The van der Waals surface area contributed by atoms with Crippen molar-refractivity contribution in [3.05, 3.63) is 59.7 Å². The molecule has 156 valence electrons. The van der Waals surface area contributed by atoms with Gasteiger partial charge >= 0.3 is 0 Å². The van der Waals surface area contributed by atoms with E-state index in [9.17, 15) is 13.2 Å². The molecule has 1 aliphatic rings. The van der Waals surface area contributed by atoms with E-state index in [4.69, 9.17) is 4.74 Å². The highest BCUT2D eigenvalue weighted by Gasteiger charge is 2.27. The maximum Gasteiger partial charge on any atom is 0.257 e. The first kappa shape index (κ1) is 20.6. The quantitative estimate of drug-likeness (QED) is 0.649. The predicted octanol–water partition coefficient (Wildman–Crippen LogP) is 2.79. The number of nitrogens with one attached hydrogen (secondary N) is 1. The smallest absolute Gasteiger partial charge is 0.257 e. The Kier molecular flexibility index (Phi) is 5.91. The van der Waals surface area contributed by atoms with Crippen LogP contribution in [0, 0.1) is 6.92 Å². The van der Waals surface area contributed by atoms with Crippen LogP contribution in [0.3, 0.4) is 0 Å². The second kappa shape index (κ2) is 8.60. The van der Waals surface area contributed by atoms with E-state index in [0.29, 0.717) is 42.0 Å². The number of hydrogen-bond donors (Lipinski definition) is 1. The van der Waals surface area contributed by atoms with Crippen LogP contribution in [-0.2, 0) is 14.8 Å². The molecule has 4 rings (SSSR count). The predicted molar refractivity (Wildman–Crippen MR) is 114 cm³/mol. The molecule has 1 N–H and O–H groups in total. The summed E-state index contributed by atoms with van der Waals surface area (Å²) in [5, 5.41) is 11.9. The minimum Gasteiger partial charge on any atom is -0.379 e. The molecule has 10 heteroatoms. The van der Waals surface area contributed by atoms with Gasteiger partial charge in [-0.1, -0.05) is 47.7 Å². The lowest BCUT2D eigenvalue weighted by atomic mass is 10.1. The summed E-state index contributed by atoms with van der Waals surface area (Å²) in [6.07, 6.45) is 0. The molecular weight excluding hydrogens is 424 g/mol. The van der Waals surface area contributed by atoms with Crippen LogP contribution in [-0.4, -0.2) is 55.1 Å². The Morgan fingerprint density at radius 2 is 1.83 bits per heavy atom. The second-order valence-electron chi connectivity index (χ2n) is 6.73. The van der Waals surface area contributed by atoms with Crippen molar-refractivity contribution in [2.45, 2.75) is 11.8 Å². The molecular formula is C20H20N4O4S2. The maximum absolute atomic E-state index is 12.9. The Hall–Kier alpha value is -2.66. The molecule has 0 saturated carbocycles. The molecule has 0 bridgehead atoms. The standard InChI is InChI=1S/C20H20N4O4S2/c1-14-7-8-16(30(26,27)24-9-11-28-12-10-24)13-17(14)18(25)21-20-23-22-19(29-20)15-5-3-2-4-6-15/h2-8,13H,9-12H2,1H3,(H,21,23,25). The molecule has 0 unspecified atom stereocenters. The maximum atomic E-state index is 12.9. The number of ether oxygens (including phenoxy) is 1. The van der Waals surface area contributed by atoms with Gasteiger partial charge in [-0.15, -0.1) is 10.2 Å². The molecule has 1 saturated heterocycles. The number of rotatable bonds is 5. The first-order valence-corrected chi connectivity index (χ1v) is 11.6. The van der Waals surface area contributed by atoms with Gasteiger partial charge < -0.3 is 4.74 Å². The fourth-order valence-corrected chi connectivity index (χ4v) is 5.26. The van der Waals surface area contributed by atoms with E-state index >= 15 is 0 Å². The first-order chi connectivity index (χ1) is 14.4. The van der Waals surface area contributed by atoms with Crippen LogP contribution in [0.25, 0.3) is 10.6 Å². The normalized spacial score (nSPS) is 15.1. The van der Waals surface area contributed by atoms with Gasteiger partial charge in [0, 0.05) is 24.2 Å². The summed E-state index contributed by atoms with van der Waals surface area (Å²) in [6.45, 7) is 3.07. The summed E-state index contributed by atoms with van der Waals surface area (Å²) >= 11 is 1.25. The van der Waals surface area contributed by atoms with Gasteiger partial charge in [0.1, 0.15) is 5.01 Å². The lowest BCUT2D eigenvalue weighted by molar-refractivity contribution is 0.0730. The minimum absolute atomic E-state index is 0.0855. The molecule has 0 spiro atoms. The fraction of sp³-hybridized carbons (Fsp3) is 0.250. The Labute approximate surface area is 178 Å². The number of benzene rings is 2. The number of sulfonamides is 1. The highest BCUT2D eigenvalue weighted by atomic mass is 32.2. The van der Waals surface area contributed by atoms with Crippen molar-refractivity contribution in [1.82, 2.24) is 14.5 Å². The largest absolute Gasteiger partial charge is 0.379 e. The molecule has 1 fully saturated rings. The van der Waals surface area contributed by atoms with Crippen molar-refractivity contribution >= 4 is 32.4 Å². The first-order valence-electron chi connectivity index (χ1n) is 9.34. The highest BCUT2D eigenvalue weighted by Crippen LogP contribution is 2.27. The Balaban J connectivity index is 1.56. The summed E-state index contributed by atoms with van der Waals surface area (Å²) < 4.78 is 32.4. The van der Waals surface area contributed by atoms with E-state index in [1.165, 1.54) is 27.8 Å². The zero-order chi connectivity index (χ0) is 21.1. The monoisotopic (exact) mass is 444 g/mol. The van der Waals surface area contributed by atoms with E-state index < -0.39 is 15.9 Å². The van der Waals surface area contributed by atoms with E-state index in [2.05, 4.69) is 15.5 Å². The SMILES string of the molecule is Cc1ccc(S(=O)(=O)N2CCOCC2)cc1C(=O)Nc1nnc(-c2ccccc2)s1. The molecule has 0 aliphatic carbocycles. The van der Waals surface area contributed by atoms with Gasteiger partial charge in [-0.05, 0) is 24.6 Å². The van der Waals surface area contributed by atoms with Gasteiger partial charge in [0.25, 0.3) is 5.91 Å². The van der Waals surface area contributed by atoms with Crippen molar-refractivity contribution in [1.29, 1.82) is 0 Å². The number of carbonyl (C=O) groups excluding carboxylic acids is 1. The van der Waals surface area contributed by atoms with E-state index in [0.717, 1.165) is 5.56 Å². The second-order valence-corrected chi connectivity index (χ2v) is 9.64. The van der Waals surface area contributed by atoms with Gasteiger partial charge in [0.15, 0.2) is 0 Å². The molecule has 30 heavy (non-hydrogen) atoms. The van der Waals surface area contributed by atoms with Crippen LogP contribution in [0.1, 0.15) is 15.9 Å². The number of morpholine rings is 1. The Bertz CT molecular complexity index is 1160. The van der Waals surface area contributed by atoms with Crippen LogP contribution in [0.2, 0.25) is 0 Å². The molecule has 1 aliphatic heterocycles. The number of nitrogens with zero attached hydrogens (tertiary/aromatic N) is 3. The molecule has 0 radical (unpaired) electrons. The highest BCUT2D eigenvalue weighted by molar-refractivity contribution is 7.89. The molecule has 0 atom stereocenters. The lowest BCUT2D eigenvalue weighted by Gasteiger charge is -2.26. The third-order valence-corrected chi connectivity index (χ3v) is 7.51. The Morgan fingerprint density at radius 1 is 1.10 bits per heavy atom. The van der Waals surface area contributed by atoms with Crippen molar-refractivity contribution in [3.63, 3.8) is 0 Å². The fourth-order valence-electron chi connectivity index (χ4n) is 3.08. The van der Waals surface area contributed by atoms with E-state index in [1.54, 1.807) is 13.0 Å². The number of hydrogen-bond acceptors (Lipinski definition) is 7. The van der Waals surface area contributed by atoms with Gasteiger partial charge in [-0.3, -0.25) is 10.1 Å². The summed E-state index contributed by atoms with van der Waals surface area (Å²) in [6, 6.07) is 14.1. The van der Waals surface area contributed by atoms with E-state index in [1.807, 2.05) is 30.3 Å². The molecule has 1 aromatic heterocycles. The molecule has 1 amide bonds. The number of amides is 1. The number of carbonyl (C=O) groups is 1.